The molecule has 0 saturated heterocycles. The first-order valence-corrected chi connectivity index (χ1v) is 8.48. The van der Waals surface area contributed by atoms with E-state index >= 15 is 0 Å². The molecule has 0 spiro atoms. The highest BCUT2D eigenvalue weighted by atomic mass is 32.2. The van der Waals surface area contributed by atoms with Crippen LogP contribution in [0.25, 0.3) is 0 Å². The average molecular weight is 284 g/mol. The van der Waals surface area contributed by atoms with Crippen LogP contribution < -0.4 is 5.32 Å². The maximum Gasteiger partial charge on any atom is 0.271 e. The maximum absolute atomic E-state index is 12.2. The number of hydrogen-bond acceptors (Lipinski definition) is 4. The van der Waals surface area contributed by atoms with Gasteiger partial charge in [-0.1, -0.05) is 13.8 Å². The lowest BCUT2D eigenvalue weighted by atomic mass is 10.2. The quantitative estimate of drug-likeness (QED) is 0.781. The summed E-state index contributed by atoms with van der Waals surface area (Å²) in [5.41, 5.74) is 0.545. The van der Waals surface area contributed by atoms with Crippen LogP contribution in [0.1, 0.15) is 30.8 Å². The highest BCUT2D eigenvalue weighted by Crippen LogP contribution is 2.20. The Morgan fingerprint density at radius 1 is 1.50 bits per heavy atom. The van der Waals surface area contributed by atoms with Crippen LogP contribution in [0, 0.1) is 0 Å². The van der Waals surface area contributed by atoms with Gasteiger partial charge in [0.2, 0.25) is 0 Å². The first kappa shape index (κ1) is 15.4. The zero-order chi connectivity index (χ0) is 13.4. The van der Waals surface area contributed by atoms with Crippen LogP contribution in [0.4, 0.5) is 0 Å². The molecule has 1 rings (SSSR count). The molecule has 0 aliphatic rings. The van der Waals surface area contributed by atoms with E-state index in [1.165, 1.54) is 0 Å². The number of hydrogen-bond donors (Lipinski definition) is 1. The minimum atomic E-state index is -0.0625. The SMILES string of the molecule is CCSc1cccnc1C(=O)NC(CC)CSC. The van der Waals surface area contributed by atoms with Gasteiger partial charge < -0.3 is 5.32 Å². The van der Waals surface area contributed by atoms with Crippen molar-refractivity contribution in [2.75, 3.05) is 17.8 Å². The highest BCUT2D eigenvalue weighted by Gasteiger charge is 2.16. The summed E-state index contributed by atoms with van der Waals surface area (Å²) in [5.74, 6) is 1.81. The fraction of sp³-hybridized carbons (Fsp3) is 0.538. The minimum Gasteiger partial charge on any atom is -0.347 e. The molecule has 0 bridgehead atoms. The molecular weight excluding hydrogens is 264 g/mol. The third-order valence-corrected chi connectivity index (χ3v) is 4.15. The van der Waals surface area contributed by atoms with Gasteiger partial charge in [0.05, 0.1) is 0 Å². The summed E-state index contributed by atoms with van der Waals surface area (Å²) < 4.78 is 0. The van der Waals surface area contributed by atoms with Gasteiger partial charge in [0, 0.05) is 22.9 Å². The van der Waals surface area contributed by atoms with Gasteiger partial charge in [-0.15, -0.1) is 11.8 Å². The molecule has 5 heteroatoms. The van der Waals surface area contributed by atoms with E-state index < -0.39 is 0 Å². The van der Waals surface area contributed by atoms with Crippen LogP contribution in [-0.2, 0) is 0 Å². The van der Waals surface area contributed by atoms with E-state index in [9.17, 15) is 4.79 Å². The van der Waals surface area contributed by atoms with Crippen LogP contribution in [0.3, 0.4) is 0 Å². The first-order valence-electron chi connectivity index (χ1n) is 6.10. The van der Waals surface area contributed by atoms with Crippen molar-refractivity contribution in [2.45, 2.75) is 31.2 Å². The Morgan fingerprint density at radius 2 is 2.28 bits per heavy atom. The van der Waals surface area contributed by atoms with E-state index in [2.05, 4.69) is 24.1 Å². The predicted octanol–water partition coefficient (Wildman–Crippen LogP) is 3.07. The second kappa shape index (κ2) is 8.43. The van der Waals surface area contributed by atoms with Gasteiger partial charge >= 0.3 is 0 Å². The van der Waals surface area contributed by atoms with Crippen LogP contribution >= 0.6 is 23.5 Å². The van der Waals surface area contributed by atoms with Gasteiger partial charge in [-0.2, -0.15) is 11.8 Å². The summed E-state index contributed by atoms with van der Waals surface area (Å²) in [6.45, 7) is 4.16. The van der Waals surface area contributed by atoms with Crippen molar-refractivity contribution in [3.63, 3.8) is 0 Å². The molecule has 0 aliphatic carbocycles. The number of nitrogens with zero attached hydrogens (tertiary/aromatic N) is 1. The van der Waals surface area contributed by atoms with E-state index in [1.54, 1.807) is 29.7 Å². The number of rotatable bonds is 7. The molecular formula is C13H20N2OS2. The van der Waals surface area contributed by atoms with Gasteiger partial charge in [-0.05, 0) is 30.6 Å². The lowest BCUT2D eigenvalue weighted by molar-refractivity contribution is 0.0931. The van der Waals surface area contributed by atoms with Crippen molar-refractivity contribution in [1.82, 2.24) is 10.3 Å². The van der Waals surface area contributed by atoms with E-state index in [1.807, 2.05) is 18.4 Å². The predicted molar refractivity (Wildman–Crippen MR) is 80.6 cm³/mol. The third kappa shape index (κ3) is 4.53. The molecule has 1 amide bonds. The van der Waals surface area contributed by atoms with Gasteiger partial charge in [0.25, 0.3) is 5.91 Å². The summed E-state index contributed by atoms with van der Waals surface area (Å²) in [6, 6.07) is 4.04. The number of pyridine rings is 1. The third-order valence-electron chi connectivity index (χ3n) is 2.48. The van der Waals surface area contributed by atoms with Gasteiger partial charge in [-0.3, -0.25) is 4.79 Å². The molecule has 100 valence electrons. The van der Waals surface area contributed by atoms with Crippen LogP contribution in [-0.4, -0.2) is 34.7 Å². The molecule has 0 saturated carbocycles. The van der Waals surface area contributed by atoms with Crippen molar-refractivity contribution in [1.29, 1.82) is 0 Å². The molecule has 1 unspecified atom stereocenters. The first-order chi connectivity index (χ1) is 8.72. The molecule has 3 nitrogen and oxygen atoms in total. The molecule has 0 aromatic carbocycles. The van der Waals surface area contributed by atoms with E-state index in [0.29, 0.717) is 5.69 Å². The maximum atomic E-state index is 12.2. The summed E-state index contributed by atoms with van der Waals surface area (Å²) in [7, 11) is 0. The monoisotopic (exact) mass is 284 g/mol. The number of carbonyl (C=O) groups excluding carboxylic acids is 1. The van der Waals surface area contributed by atoms with Gasteiger partial charge in [-0.25, -0.2) is 4.98 Å². The van der Waals surface area contributed by atoms with E-state index in [4.69, 9.17) is 0 Å². The molecule has 0 fully saturated rings. The summed E-state index contributed by atoms with van der Waals surface area (Å²) >= 11 is 3.40. The Morgan fingerprint density at radius 3 is 2.89 bits per heavy atom. The molecule has 1 atom stereocenters. The molecule has 0 aliphatic heterocycles. The van der Waals surface area contributed by atoms with Crippen molar-refractivity contribution in [3.05, 3.63) is 24.0 Å². The number of thioether (sulfide) groups is 2. The Kier molecular flexibility index (Phi) is 7.20. The topological polar surface area (TPSA) is 42.0 Å². The Balaban J connectivity index is 2.76. The number of nitrogens with one attached hydrogen (secondary N) is 1. The molecule has 1 aromatic heterocycles. The zero-order valence-corrected chi connectivity index (χ0v) is 12.7. The van der Waals surface area contributed by atoms with Crippen LogP contribution in [0.5, 0.6) is 0 Å². The van der Waals surface area contributed by atoms with Gasteiger partial charge in [0.1, 0.15) is 5.69 Å². The number of aromatic nitrogens is 1. The van der Waals surface area contributed by atoms with Crippen molar-refractivity contribution < 1.29 is 4.79 Å². The highest BCUT2D eigenvalue weighted by molar-refractivity contribution is 7.99. The number of amides is 1. The smallest absolute Gasteiger partial charge is 0.271 e. The van der Waals surface area contributed by atoms with E-state index in [-0.39, 0.29) is 11.9 Å². The summed E-state index contributed by atoms with van der Waals surface area (Å²) in [6.07, 6.45) is 4.66. The zero-order valence-electron chi connectivity index (χ0n) is 11.1. The molecule has 1 aromatic rings. The van der Waals surface area contributed by atoms with Crippen molar-refractivity contribution in [3.8, 4) is 0 Å². The van der Waals surface area contributed by atoms with Crippen LogP contribution in [0.15, 0.2) is 23.2 Å². The summed E-state index contributed by atoms with van der Waals surface area (Å²) in [4.78, 5) is 17.3. The second-order valence-electron chi connectivity index (χ2n) is 3.82. The lowest BCUT2D eigenvalue weighted by Crippen LogP contribution is -2.36. The molecule has 1 heterocycles. The Hall–Kier alpha value is -0.680. The van der Waals surface area contributed by atoms with E-state index in [0.717, 1.165) is 22.8 Å². The Labute approximate surface area is 118 Å². The minimum absolute atomic E-state index is 0.0625. The molecule has 1 N–H and O–H groups in total. The second-order valence-corrected chi connectivity index (χ2v) is 6.03. The fourth-order valence-corrected chi connectivity index (χ4v) is 3.04. The average Bonchev–Trinajstić information content (AvgIpc) is 2.39. The fourth-order valence-electron chi connectivity index (χ4n) is 1.55. The standard InChI is InChI=1S/C13H20N2OS2/c1-4-10(9-17-3)15-13(16)12-11(18-5-2)7-6-8-14-12/h6-8,10H,4-5,9H2,1-3H3,(H,15,16). The summed E-state index contributed by atoms with van der Waals surface area (Å²) in [5, 5.41) is 3.05. The lowest BCUT2D eigenvalue weighted by Gasteiger charge is -2.16. The van der Waals surface area contributed by atoms with Crippen LogP contribution in [0.2, 0.25) is 0 Å². The molecule has 0 radical (unpaired) electrons. The van der Waals surface area contributed by atoms with Gasteiger partial charge in [0.15, 0.2) is 0 Å². The van der Waals surface area contributed by atoms with Crippen molar-refractivity contribution in [2.24, 2.45) is 0 Å². The normalized spacial score (nSPS) is 12.2. The number of carbonyl (C=O) groups is 1. The largest absolute Gasteiger partial charge is 0.347 e. The molecule has 18 heavy (non-hydrogen) atoms. The Bertz CT molecular complexity index is 385. The van der Waals surface area contributed by atoms with Crippen molar-refractivity contribution >= 4 is 29.4 Å².